The van der Waals surface area contributed by atoms with Crippen LogP contribution in [0.1, 0.15) is 25.7 Å². The maximum Gasteiger partial charge on any atom is 0.511 e. The van der Waals surface area contributed by atoms with Crippen molar-refractivity contribution in [3.63, 3.8) is 0 Å². The van der Waals surface area contributed by atoms with E-state index in [1.54, 1.807) is 22.9 Å². The van der Waals surface area contributed by atoms with Crippen LogP contribution in [-0.4, -0.2) is 62.7 Å². The largest absolute Gasteiger partial charge is 0.511 e. The van der Waals surface area contributed by atoms with Gasteiger partial charge in [-0.25, -0.2) is 30.5 Å². The number of nitrogens with one attached hydrogen (secondary N) is 1. The number of hydrogen-bond acceptors (Lipinski definition) is 7. The monoisotopic (exact) mass is 592 g/mol. The molecule has 2 aliphatic heterocycles. The van der Waals surface area contributed by atoms with Gasteiger partial charge in [-0.1, -0.05) is 24.3 Å². The SMILES string of the molecule is O=S(=O)(c1cc2ccccc2n1S(=O)(=O)c1ccccn1)N1C2CCC1CC(CNS(=O)(=O)C(F)(F)F)C2. The van der Waals surface area contributed by atoms with E-state index >= 15 is 0 Å². The van der Waals surface area contributed by atoms with Crippen LogP contribution in [0.5, 0.6) is 0 Å². The van der Waals surface area contributed by atoms with Crippen molar-refractivity contribution in [3.8, 4) is 0 Å². The topological polar surface area (TPSA) is 136 Å². The van der Waals surface area contributed by atoms with E-state index in [1.807, 2.05) is 0 Å². The first-order chi connectivity index (χ1) is 17.7. The predicted octanol–water partition coefficient (Wildman–Crippen LogP) is 2.64. The molecular weight excluding hydrogens is 569 g/mol. The highest BCUT2D eigenvalue weighted by atomic mass is 32.2. The van der Waals surface area contributed by atoms with Crippen molar-refractivity contribution in [2.24, 2.45) is 5.92 Å². The summed E-state index contributed by atoms with van der Waals surface area (Å²) in [6.45, 7) is -0.475. The third kappa shape index (κ3) is 4.51. The molecule has 0 aliphatic carbocycles. The summed E-state index contributed by atoms with van der Waals surface area (Å²) in [5, 5.41) is -0.414. The fraction of sp³-hybridized carbons (Fsp3) is 0.409. The zero-order valence-corrected chi connectivity index (χ0v) is 22.1. The maximum atomic E-state index is 14.0. The van der Waals surface area contributed by atoms with Crippen molar-refractivity contribution in [2.45, 2.75) is 53.3 Å². The second kappa shape index (κ2) is 9.29. The van der Waals surface area contributed by atoms with Crippen LogP contribution in [-0.2, 0) is 30.1 Å². The van der Waals surface area contributed by atoms with Gasteiger partial charge in [0.1, 0.15) is 0 Å². The van der Waals surface area contributed by atoms with Gasteiger partial charge in [-0.3, -0.25) is 0 Å². The Bertz CT molecular complexity index is 1680. The third-order valence-corrected chi connectivity index (χ3v) is 11.8. The van der Waals surface area contributed by atoms with E-state index in [0.29, 0.717) is 18.2 Å². The van der Waals surface area contributed by atoms with E-state index in [0.717, 1.165) is 3.97 Å². The van der Waals surface area contributed by atoms with Crippen molar-refractivity contribution >= 4 is 41.0 Å². The minimum atomic E-state index is -5.52. The lowest BCUT2D eigenvalue weighted by atomic mass is 9.93. The normalized spacial score (nSPS) is 23.2. The first-order valence-electron chi connectivity index (χ1n) is 11.6. The Kier molecular flexibility index (Phi) is 6.61. The molecule has 5 rings (SSSR count). The van der Waals surface area contributed by atoms with Gasteiger partial charge in [0, 0.05) is 30.2 Å². The molecule has 2 atom stereocenters. The van der Waals surface area contributed by atoms with Gasteiger partial charge in [-0.15, -0.1) is 0 Å². The number of aromatic nitrogens is 2. The van der Waals surface area contributed by atoms with E-state index in [-0.39, 0.29) is 23.4 Å². The van der Waals surface area contributed by atoms with Crippen LogP contribution in [0, 0.1) is 5.92 Å². The van der Waals surface area contributed by atoms with Crippen molar-refractivity contribution in [3.05, 3.63) is 54.7 Å². The van der Waals surface area contributed by atoms with Crippen molar-refractivity contribution in [1.29, 1.82) is 0 Å². The van der Waals surface area contributed by atoms with Gasteiger partial charge in [0.15, 0.2) is 10.1 Å². The third-order valence-electron chi connectivity index (χ3n) is 6.95. The van der Waals surface area contributed by atoms with E-state index in [4.69, 9.17) is 0 Å². The van der Waals surface area contributed by atoms with Gasteiger partial charge < -0.3 is 0 Å². The van der Waals surface area contributed by atoms with Gasteiger partial charge in [0.25, 0.3) is 20.0 Å². The standard InChI is InChI=1S/C22H23F3N4O6S3/c23-22(24,25)38(34,35)27-14-15-11-17-8-9-18(12-15)28(17)37(32,33)21-13-16-5-1-2-6-19(16)29(21)36(30,31)20-7-3-4-10-26-20/h1-7,10,13,15,17-18,27H,8-9,11-12,14H2. The highest BCUT2D eigenvalue weighted by Crippen LogP contribution is 2.43. The summed E-state index contributed by atoms with van der Waals surface area (Å²) in [5.41, 5.74) is -5.29. The Labute approximate surface area is 217 Å². The van der Waals surface area contributed by atoms with Crippen LogP contribution >= 0.6 is 0 Å². The number of rotatable bonds is 7. The predicted molar refractivity (Wildman–Crippen MR) is 130 cm³/mol. The lowest BCUT2D eigenvalue weighted by Crippen LogP contribution is -2.49. The molecule has 10 nitrogen and oxygen atoms in total. The van der Waals surface area contributed by atoms with Crippen LogP contribution in [0.4, 0.5) is 13.2 Å². The van der Waals surface area contributed by atoms with Crippen LogP contribution in [0.3, 0.4) is 0 Å². The van der Waals surface area contributed by atoms with E-state index in [2.05, 4.69) is 4.98 Å². The number of piperidine rings is 1. The molecule has 0 spiro atoms. The van der Waals surface area contributed by atoms with E-state index < -0.39 is 65.2 Å². The smallest absolute Gasteiger partial charge is 0.243 e. The molecule has 16 heteroatoms. The molecule has 0 radical (unpaired) electrons. The number of para-hydroxylation sites is 1. The highest BCUT2D eigenvalue weighted by Gasteiger charge is 2.50. The fourth-order valence-corrected chi connectivity index (χ4v) is 9.86. The number of nitrogens with zero attached hydrogens (tertiary/aromatic N) is 3. The van der Waals surface area contributed by atoms with Crippen LogP contribution < -0.4 is 4.72 Å². The second-order valence-corrected chi connectivity index (χ2v) is 14.6. The summed E-state index contributed by atoms with van der Waals surface area (Å²) in [4.78, 5) is 3.91. The summed E-state index contributed by atoms with van der Waals surface area (Å²) < 4.78 is 120. The zero-order valence-electron chi connectivity index (χ0n) is 19.6. The molecule has 2 aromatic heterocycles. The molecular formula is C22H23F3N4O6S3. The molecule has 1 N–H and O–H groups in total. The van der Waals surface area contributed by atoms with Gasteiger partial charge in [-0.05, 0) is 55.9 Å². The maximum absolute atomic E-state index is 14.0. The first kappa shape index (κ1) is 27.1. The summed E-state index contributed by atoms with van der Waals surface area (Å²) >= 11 is 0. The number of hydrogen-bond donors (Lipinski definition) is 1. The molecule has 1 aromatic carbocycles. The van der Waals surface area contributed by atoms with Crippen LogP contribution in [0.2, 0.25) is 0 Å². The summed E-state index contributed by atoms with van der Waals surface area (Å²) in [7, 11) is -14.3. The Morgan fingerprint density at radius 1 is 0.895 bits per heavy atom. The molecule has 2 aliphatic rings. The average molecular weight is 593 g/mol. The molecule has 2 saturated heterocycles. The van der Waals surface area contributed by atoms with E-state index in [1.165, 1.54) is 40.8 Å². The van der Waals surface area contributed by atoms with Crippen molar-refractivity contribution < 1.29 is 38.4 Å². The average Bonchev–Trinajstić information content (AvgIpc) is 3.39. The fourth-order valence-electron chi connectivity index (χ4n) is 5.35. The van der Waals surface area contributed by atoms with Crippen molar-refractivity contribution in [1.82, 2.24) is 18.0 Å². The highest BCUT2D eigenvalue weighted by molar-refractivity contribution is 7.92. The number of sulfonamides is 2. The van der Waals surface area contributed by atoms with Crippen molar-refractivity contribution in [2.75, 3.05) is 6.54 Å². The lowest BCUT2D eigenvalue weighted by molar-refractivity contribution is -0.0449. The lowest BCUT2D eigenvalue weighted by Gasteiger charge is -2.38. The number of halogens is 3. The molecule has 2 fully saturated rings. The molecule has 2 unspecified atom stereocenters. The van der Waals surface area contributed by atoms with Crippen LogP contribution in [0.15, 0.2) is 64.8 Å². The molecule has 0 amide bonds. The molecule has 206 valence electrons. The first-order valence-corrected chi connectivity index (χ1v) is 16.0. The number of pyridine rings is 1. The molecule has 4 heterocycles. The summed E-state index contributed by atoms with van der Waals surface area (Å²) in [6, 6.07) is 10.6. The molecule has 3 aromatic rings. The Balaban J connectivity index is 1.50. The Hall–Kier alpha value is -2.53. The molecule has 0 saturated carbocycles. The Morgan fingerprint density at radius 2 is 1.53 bits per heavy atom. The second-order valence-electron chi connectivity index (χ2n) is 9.33. The minimum Gasteiger partial charge on any atom is -0.243 e. The zero-order chi connectivity index (χ0) is 27.5. The molecule has 38 heavy (non-hydrogen) atoms. The van der Waals surface area contributed by atoms with Gasteiger partial charge >= 0.3 is 15.5 Å². The number of alkyl halides is 3. The quantitative estimate of drug-likeness (QED) is 0.446. The Morgan fingerprint density at radius 3 is 2.13 bits per heavy atom. The number of benzene rings is 1. The van der Waals surface area contributed by atoms with E-state index in [9.17, 15) is 38.4 Å². The number of fused-ring (bicyclic) bond motifs is 3. The van der Waals surface area contributed by atoms with Gasteiger partial charge in [0.2, 0.25) is 0 Å². The summed E-state index contributed by atoms with van der Waals surface area (Å²) in [6.07, 6.45) is 2.37. The van der Waals surface area contributed by atoms with Gasteiger partial charge in [0.05, 0.1) is 5.52 Å². The van der Waals surface area contributed by atoms with Crippen LogP contribution in [0.25, 0.3) is 10.9 Å². The minimum absolute atomic E-state index is 0.128. The molecule has 2 bridgehead atoms. The van der Waals surface area contributed by atoms with Gasteiger partial charge in [-0.2, -0.15) is 25.9 Å². The summed E-state index contributed by atoms with van der Waals surface area (Å²) in [5.74, 6) is -0.515.